The van der Waals surface area contributed by atoms with E-state index >= 15 is 0 Å². The zero-order chi connectivity index (χ0) is 7.68. The van der Waals surface area contributed by atoms with E-state index in [4.69, 9.17) is 0 Å². The predicted molar refractivity (Wildman–Crippen MR) is 43.1 cm³/mol. The van der Waals surface area contributed by atoms with Crippen LogP contribution in [0.3, 0.4) is 0 Å². The summed E-state index contributed by atoms with van der Waals surface area (Å²) in [5, 5.41) is 0. The summed E-state index contributed by atoms with van der Waals surface area (Å²) in [7, 11) is 0. The van der Waals surface area contributed by atoms with Gasteiger partial charge in [-0.1, -0.05) is 6.58 Å². The standard InChI is InChI=1S/C8H7N3/c1-2-7-8-5-9-3-4-11(8)6-10-7/h2-6H,1H2. The molecule has 0 unspecified atom stereocenters. The molecule has 11 heavy (non-hydrogen) atoms. The van der Waals surface area contributed by atoms with E-state index in [1.165, 1.54) is 0 Å². The lowest BCUT2D eigenvalue weighted by Crippen LogP contribution is -1.81. The van der Waals surface area contributed by atoms with Gasteiger partial charge >= 0.3 is 0 Å². The van der Waals surface area contributed by atoms with Gasteiger partial charge in [0.1, 0.15) is 6.33 Å². The number of hydrogen-bond donors (Lipinski definition) is 0. The van der Waals surface area contributed by atoms with E-state index in [2.05, 4.69) is 16.5 Å². The molecular formula is C8H7N3. The fourth-order valence-electron chi connectivity index (χ4n) is 1.02. The number of rotatable bonds is 1. The molecule has 0 aliphatic heterocycles. The first kappa shape index (κ1) is 6.09. The second kappa shape index (κ2) is 2.20. The van der Waals surface area contributed by atoms with Crippen molar-refractivity contribution < 1.29 is 0 Å². The van der Waals surface area contributed by atoms with Crippen LogP contribution in [0.5, 0.6) is 0 Å². The van der Waals surface area contributed by atoms with Gasteiger partial charge in [-0.3, -0.25) is 4.98 Å². The Hall–Kier alpha value is -1.64. The van der Waals surface area contributed by atoms with Crippen molar-refractivity contribution in [3.05, 3.63) is 37.2 Å². The van der Waals surface area contributed by atoms with Crippen molar-refractivity contribution in [1.29, 1.82) is 0 Å². The molecule has 0 saturated heterocycles. The molecule has 0 saturated carbocycles. The summed E-state index contributed by atoms with van der Waals surface area (Å²) < 4.78 is 1.91. The molecule has 0 amide bonds. The van der Waals surface area contributed by atoms with Crippen molar-refractivity contribution in [2.45, 2.75) is 0 Å². The summed E-state index contributed by atoms with van der Waals surface area (Å²) in [4.78, 5) is 8.10. The summed E-state index contributed by atoms with van der Waals surface area (Å²) in [6.45, 7) is 3.65. The Kier molecular flexibility index (Phi) is 1.22. The van der Waals surface area contributed by atoms with Crippen molar-refractivity contribution in [3.8, 4) is 0 Å². The van der Waals surface area contributed by atoms with Crippen LogP contribution in [-0.4, -0.2) is 14.4 Å². The van der Waals surface area contributed by atoms with Gasteiger partial charge in [0.2, 0.25) is 0 Å². The summed E-state index contributed by atoms with van der Waals surface area (Å²) >= 11 is 0. The van der Waals surface area contributed by atoms with Gasteiger partial charge in [0.25, 0.3) is 0 Å². The second-order valence-electron chi connectivity index (χ2n) is 2.20. The summed E-state index contributed by atoms with van der Waals surface area (Å²) in [6.07, 6.45) is 8.81. The SMILES string of the molecule is C=Cc1ncn2ccncc12. The number of nitrogens with zero attached hydrogens (tertiary/aromatic N) is 3. The molecule has 2 rings (SSSR count). The lowest BCUT2D eigenvalue weighted by atomic mass is 10.4. The van der Waals surface area contributed by atoms with Crippen LogP contribution in [0.2, 0.25) is 0 Å². The van der Waals surface area contributed by atoms with Crippen molar-refractivity contribution in [3.63, 3.8) is 0 Å². The van der Waals surface area contributed by atoms with E-state index in [1.54, 1.807) is 24.8 Å². The quantitative estimate of drug-likeness (QED) is 0.606. The minimum absolute atomic E-state index is 0.873. The number of hydrogen-bond acceptors (Lipinski definition) is 2. The van der Waals surface area contributed by atoms with Crippen LogP contribution < -0.4 is 0 Å². The topological polar surface area (TPSA) is 30.2 Å². The number of aromatic nitrogens is 3. The Bertz CT molecular complexity index is 389. The molecule has 0 aliphatic carbocycles. The van der Waals surface area contributed by atoms with Crippen molar-refractivity contribution in [1.82, 2.24) is 14.4 Å². The normalized spacial score (nSPS) is 10.2. The maximum atomic E-state index is 4.12. The lowest BCUT2D eigenvalue weighted by molar-refractivity contribution is 1.11. The van der Waals surface area contributed by atoms with E-state index in [9.17, 15) is 0 Å². The van der Waals surface area contributed by atoms with Gasteiger partial charge in [0.15, 0.2) is 0 Å². The molecule has 0 N–H and O–H groups in total. The van der Waals surface area contributed by atoms with Crippen LogP contribution in [0.1, 0.15) is 5.69 Å². The van der Waals surface area contributed by atoms with Crippen LogP contribution >= 0.6 is 0 Å². The van der Waals surface area contributed by atoms with Gasteiger partial charge in [-0.05, 0) is 6.08 Å². The second-order valence-corrected chi connectivity index (χ2v) is 2.20. The van der Waals surface area contributed by atoms with Gasteiger partial charge in [0.05, 0.1) is 17.4 Å². The molecule has 0 aromatic carbocycles. The largest absolute Gasteiger partial charge is 0.303 e. The molecule has 0 bridgehead atoms. The van der Waals surface area contributed by atoms with Crippen LogP contribution in [0, 0.1) is 0 Å². The van der Waals surface area contributed by atoms with Crippen LogP contribution in [0.15, 0.2) is 31.5 Å². The smallest absolute Gasteiger partial charge is 0.100 e. The van der Waals surface area contributed by atoms with E-state index in [0.29, 0.717) is 0 Å². The zero-order valence-electron chi connectivity index (χ0n) is 5.94. The Balaban J connectivity index is 2.86. The molecule has 0 radical (unpaired) electrons. The fourth-order valence-corrected chi connectivity index (χ4v) is 1.02. The maximum Gasteiger partial charge on any atom is 0.100 e. The molecule has 2 aromatic heterocycles. The molecular weight excluding hydrogens is 138 g/mol. The first-order chi connectivity index (χ1) is 5.42. The van der Waals surface area contributed by atoms with Gasteiger partial charge in [-0.2, -0.15) is 0 Å². The van der Waals surface area contributed by atoms with Gasteiger partial charge in [-0.15, -0.1) is 0 Å². The van der Waals surface area contributed by atoms with E-state index in [1.807, 2.05) is 10.6 Å². The first-order valence-corrected chi connectivity index (χ1v) is 3.31. The van der Waals surface area contributed by atoms with E-state index in [-0.39, 0.29) is 0 Å². The average molecular weight is 145 g/mol. The summed E-state index contributed by atoms with van der Waals surface area (Å²) in [5.41, 5.74) is 1.86. The van der Waals surface area contributed by atoms with Crippen molar-refractivity contribution >= 4 is 11.6 Å². The van der Waals surface area contributed by atoms with Crippen LogP contribution in [0.25, 0.3) is 11.6 Å². The van der Waals surface area contributed by atoms with Crippen LogP contribution in [-0.2, 0) is 0 Å². The molecule has 3 nitrogen and oxygen atoms in total. The van der Waals surface area contributed by atoms with Crippen molar-refractivity contribution in [2.24, 2.45) is 0 Å². The van der Waals surface area contributed by atoms with Gasteiger partial charge < -0.3 is 4.40 Å². The van der Waals surface area contributed by atoms with E-state index in [0.717, 1.165) is 11.2 Å². The predicted octanol–water partition coefficient (Wildman–Crippen LogP) is 1.37. The molecule has 54 valence electrons. The van der Waals surface area contributed by atoms with E-state index < -0.39 is 0 Å². The average Bonchev–Trinajstić information content (AvgIpc) is 2.47. The highest BCUT2D eigenvalue weighted by atomic mass is 15.0. The summed E-state index contributed by atoms with van der Waals surface area (Å²) in [6, 6.07) is 0. The fraction of sp³-hybridized carbons (Fsp3) is 0. The Morgan fingerprint density at radius 1 is 1.55 bits per heavy atom. The van der Waals surface area contributed by atoms with Gasteiger partial charge in [0, 0.05) is 12.4 Å². The minimum Gasteiger partial charge on any atom is -0.303 e. The third-order valence-corrected chi connectivity index (χ3v) is 1.57. The first-order valence-electron chi connectivity index (χ1n) is 3.31. The van der Waals surface area contributed by atoms with Crippen molar-refractivity contribution in [2.75, 3.05) is 0 Å². The number of fused-ring (bicyclic) bond motifs is 1. The highest BCUT2D eigenvalue weighted by Crippen LogP contribution is 2.07. The molecule has 0 aliphatic rings. The monoisotopic (exact) mass is 145 g/mol. The minimum atomic E-state index is 0.873. The lowest BCUT2D eigenvalue weighted by Gasteiger charge is -1.89. The third kappa shape index (κ3) is 0.816. The highest BCUT2D eigenvalue weighted by molar-refractivity contribution is 5.63. The molecule has 3 heteroatoms. The Morgan fingerprint density at radius 3 is 3.27 bits per heavy atom. The van der Waals surface area contributed by atoms with Crippen LogP contribution in [0.4, 0.5) is 0 Å². The number of imidazole rings is 1. The molecule has 2 aromatic rings. The zero-order valence-corrected chi connectivity index (χ0v) is 5.94. The van der Waals surface area contributed by atoms with Gasteiger partial charge in [-0.25, -0.2) is 4.98 Å². The third-order valence-electron chi connectivity index (χ3n) is 1.57. The molecule has 2 heterocycles. The molecule has 0 spiro atoms. The Labute approximate surface area is 64.0 Å². The molecule has 0 fully saturated rings. The highest BCUT2D eigenvalue weighted by Gasteiger charge is 1.97. The maximum absolute atomic E-state index is 4.12. The molecule has 0 atom stereocenters. The Morgan fingerprint density at radius 2 is 2.45 bits per heavy atom. The summed E-state index contributed by atoms with van der Waals surface area (Å²) in [5.74, 6) is 0.